The second-order valence-electron chi connectivity index (χ2n) is 6.52. The number of ether oxygens (including phenoxy) is 1. The van der Waals surface area contributed by atoms with Crippen molar-refractivity contribution in [3.8, 4) is 5.75 Å². The van der Waals surface area contributed by atoms with E-state index >= 15 is 0 Å². The number of carboxylic acids is 1. The second-order valence-corrected chi connectivity index (χ2v) is 6.52. The first kappa shape index (κ1) is 21.0. The van der Waals surface area contributed by atoms with Crippen LogP contribution in [-0.2, 0) is 11.5 Å². The first-order valence-electron chi connectivity index (χ1n) is 8.88. The summed E-state index contributed by atoms with van der Waals surface area (Å²) in [6, 6.07) is 3.37. The molecule has 158 valence electrons. The topological polar surface area (TPSA) is 111 Å². The molecule has 0 aliphatic heterocycles. The van der Waals surface area contributed by atoms with Crippen molar-refractivity contribution >= 4 is 17.6 Å². The first-order valence-corrected chi connectivity index (χ1v) is 8.88. The number of halogens is 2. The van der Waals surface area contributed by atoms with Crippen LogP contribution in [0.2, 0.25) is 0 Å². The van der Waals surface area contributed by atoms with E-state index in [-0.39, 0.29) is 18.2 Å². The molecule has 9 nitrogen and oxygen atoms in total. The van der Waals surface area contributed by atoms with Crippen LogP contribution in [0.25, 0.3) is 0 Å². The lowest BCUT2D eigenvalue weighted by Crippen LogP contribution is -2.27. The monoisotopic (exact) mass is 419 g/mol. The largest absolute Gasteiger partial charge is 0.477 e. The summed E-state index contributed by atoms with van der Waals surface area (Å²) in [4.78, 5) is 23.9. The molecule has 2 N–H and O–H groups in total. The number of amides is 1. The van der Waals surface area contributed by atoms with Crippen LogP contribution < -0.4 is 10.1 Å². The lowest BCUT2D eigenvalue weighted by molar-refractivity contribution is -0.119. The number of anilines is 1. The quantitative estimate of drug-likeness (QED) is 0.609. The molecule has 1 aromatic carbocycles. The number of aromatic nitrogens is 4. The molecule has 0 bridgehead atoms. The summed E-state index contributed by atoms with van der Waals surface area (Å²) in [5.74, 6) is -3.38. The van der Waals surface area contributed by atoms with Gasteiger partial charge in [0.15, 0.2) is 18.3 Å². The van der Waals surface area contributed by atoms with E-state index in [0.29, 0.717) is 23.1 Å². The number of aryl methyl sites for hydroxylation is 1. The van der Waals surface area contributed by atoms with Gasteiger partial charge in [0, 0.05) is 12.3 Å². The molecule has 0 radical (unpaired) electrons. The third-order valence-corrected chi connectivity index (χ3v) is 4.50. The second kappa shape index (κ2) is 8.31. The highest BCUT2D eigenvalue weighted by Gasteiger charge is 2.23. The van der Waals surface area contributed by atoms with Crippen molar-refractivity contribution < 1.29 is 28.2 Å². The summed E-state index contributed by atoms with van der Waals surface area (Å²) in [6.07, 6.45) is 1.30. The van der Waals surface area contributed by atoms with Gasteiger partial charge in [-0.05, 0) is 39.0 Å². The van der Waals surface area contributed by atoms with Crippen molar-refractivity contribution in [1.29, 1.82) is 0 Å². The lowest BCUT2D eigenvalue weighted by Gasteiger charge is -2.15. The number of hydrogen-bond acceptors (Lipinski definition) is 5. The minimum absolute atomic E-state index is 0.114. The van der Waals surface area contributed by atoms with Gasteiger partial charge in [-0.15, -0.1) is 0 Å². The van der Waals surface area contributed by atoms with E-state index in [9.17, 15) is 23.5 Å². The Bertz CT molecular complexity index is 1110. The van der Waals surface area contributed by atoms with Crippen molar-refractivity contribution in [2.24, 2.45) is 0 Å². The van der Waals surface area contributed by atoms with Gasteiger partial charge in [-0.3, -0.25) is 4.79 Å². The molecule has 3 rings (SSSR count). The molecule has 0 saturated heterocycles. The Morgan fingerprint density at radius 1 is 1.27 bits per heavy atom. The van der Waals surface area contributed by atoms with Gasteiger partial charge in [-0.25, -0.2) is 22.9 Å². The molecule has 1 unspecified atom stereocenters. The summed E-state index contributed by atoms with van der Waals surface area (Å²) in [5.41, 5.74) is 1.32. The van der Waals surface area contributed by atoms with E-state index in [0.717, 1.165) is 10.7 Å². The predicted molar refractivity (Wildman–Crippen MR) is 101 cm³/mol. The highest BCUT2D eigenvalue weighted by atomic mass is 19.1. The zero-order valence-electron chi connectivity index (χ0n) is 16.4. The third kappa shape index (κ3) is 4.14. The number of rotatable bonds is 7. The molecule has 0 saturated carbocycles. The van der Waals surface area contributed by atoms with Crippen LogP contribution in [-0.4, -0.2) is 36.5 Å². The smallest absolute Gasteiger partial charge is 0.354 e. The van der Waals surface area contributed by atoms with Crippen molar-refractivity contribution in [3.63, 3.8) is 0 Å². The average molecular weight is 419 g/mol. The molecule has 30 heavy (non-hydrogen) atoms. The van der Waals surface area contributed by atoms with Crippen molar-refractivity contribution in [1.82, 2.24) is 19.6 Å². The maximum atomic E-state index is 13.7. The Kier molecular flexibility index (Phi) is 5.81. The average Bonchev–Trinajstić information content (AvgIpc) is 3.27. The number of carbonyl (C=O) groups is 2. The lowest BCUT2D eigenvalue weighted by atomic mass is 10.2. The Morgan fingerprint density at radius 2 is 2.00 bits per heavy atom. The van der Waals surface area contributed by atoms with Gasteiger partial charge in [0.2, 0.25) is 5.91 Å². The molecular weight excluding hydrogens is 400 g/mol. The zero-order chi connectivity index (χ0) is 22.0. The van der Waals surface area contributed by atoms with Gasteiger partial charge >= 0.3 is 5.97 Å². The van der Waals surface area contributed by atoms with Crippen molar-refractivity contribution in [2.75, 3.05) is 5.32 Å². The molecule has 0 aliphatic rings. The zero-order valence-corrected chi connectivity index (χ0v) is 16.4. The number of benzene rings is 1. The van der Waals surface area contributed by atoms with Gasteiger partial charge < -0.3 is 15.2 Å². The van der Waals surface area contributed by atoms with Crippen LogP contribution in [0.15, 0.2) is 30.5 Å². The summed E-state index contributed by atoms with van der Waals surface area (Å²) in [5, 5.41) is 20.1. The summed E-state index contributed by atoms with van der Waals surface area (Å²) in [6.45, 7) is 4.70. The highest BCUT2D eigenvalue weighted by molar-refractivity contribution is 5.95. The van der Waals surface area contributed by atoms with Crippen LogP contribution in [0.4, 0.5) is 14.5 Å². The SMILES string of the molecule is Cc1nn(COc2ccc(F)cc2F)c(C)c1NC(=O)C(C)n1nccc1C(=O)O. The van der Waals surface area contributed by atoms with E-state index in [1.54, 1.807) is 13.8 Å². The minimum atomic E-state index is -1.20. The molecule has 11 heteroatoms. The number of nitrogens with one attached hydrogen (secondary N) is 1. The van der Waals surface area contributed by atoms with Crippen LogP contribution in [0, 0.1) is 25.5 Å². The summed E-state index contributed by atoms with van der Waals surface area (Å²) >= 11 is 0. The Morgan fingerprint density at radius 3 is 2.67 bits per heavy atom. The van der Waals surface area contributed by atoms with E-state index in [2.05, 4.69) is 15.5 Å². The molecule has 1 amide bonds. The predicted octanol–water partition coefficient (Wildman–Crippen LogP) is 2.91. The molecule has 1 atom stereocenters. The van der Waals surface area contributed by atoms with Crippen molar-refractivity contribution in [2.45, 2.75) is 33.5 Å². The van der Waals surface area contributed by atoms with Crippen LogP contribution in [0.1, 0.15) is 34.8 Å². The van der Waals surface area contributed by atoms with Gasteiger partial charge in [-0.2, -0.15) is 10.2 Å². The fraction of sp³-hybridized carbons (Fsp3) is 0.263. The summed E-state index contributed by atoms with van der Waals surface area (Å²) in [7, 11) is 0. The van der Waals surface area contributed by atoms with E-state index in [1.807, 2.05) is 0 Å². The van der Waals surface area contributed by atoms with E-state index in [4.69, 9.17) is 4.74 Å². The fourth-order valence-electron chi connectivity index (χ4n) is 2.86. The molecule has 2 aromatic heterocycles. The highest BCUT2D eigenvalue weighted by Crippen LogP contribution is 2.23. The number of carbonyl (C=O) groups excluding carboxylic acids is 1. The molecule has 0 aliphatic carbocycles. The molecule has 0 fully saturated rings. The first-order chi connectivity index (χ1) is 14.2. The molecule has 0 spiro atoms. The number of carboxylic acid groups (broad SMARTS) is 1. The Balaban J connectivity index is 1.74. The van der Waals surface area contributed by atoms with Crippen LogP contribution in [0.5, 0.6) is 5.75 Å². The fourth-order valence-corrected chi connectivity index (χ4v) is 2.86. The van der Waals surface area contributed by atoms with Crippen LogP contribution in [0.3, 0.4) is 0 Å². The van der Waals surface area contributed by atoms with Crippen molar-refractivity contribution in [3.05, 3.63) is 59.2 Å². The van der Waals surface area contributed by atoms with Gasteiger partial charge in [0.25, 0.3) is 0 Å². The normalized spacial score (nSPS) is 11.9. The Labute approximate surface area is 169 Å². The van der Waals surface area contributed by atoms with Gasteiger partial charge in [-0.1, -0.05) is 0 Å². The third-order valence-electron chi connectivity index (χ3n) is 4.50. The standard InChI is InChI=1S/C19H19F2N5O4/c1-10-17(23-18(27)12(3)26-15(19(28)29)6-7-22-26)11(2)25(24-10)9-30-16-5-4-13(20)8-14(16)21/h4-8,12H,9H2,1-3H3,(H,23,27)(H,28,29). The molecular formula is C19H19F2N5O4. The summed E-state index contributed by atoms with van der Waals surface area (Å²) < 4.78 is 34.6. The number of nitrogens with zero attached hydrogens (tertiary/aromatic N) is 4. The number of hydrogen-bond donors (Lipinski definition) is 2. The maximum Gasteiger partial charge on any atom is 0.354 e. The van der Waals surface area contributed by atoms with Gasteiger partial charge in [0.1, 0.15) is 17.6 Å². The number of aromatic carboxylic acids is 1. The molecule has 3 aromatic rings. The molecule has 2 heterocycles. The Hall–Kier alpha value is -3.76. The van der Waals surface area contributed by atoms with E-state index < -0.39 is 29.6 Å². The minimum Gasteiger partial charge on any atom is -0.477 e. The van der Waals surface area contributed by atoms with E-state index in [1.165, 1.54) is 29.9 Å². The van der Waals surface area contributed by atoms with Crippen LogP contribution >= 0.6 is 0 Å². The maximum absolute atomic E-state index is 13.7. The van der Waals surface area contributed by atoms with Gasteiger partial charge in [0.05, 0.1) is 17.1 Å².